The molecule has 3 rings (SSSR count). The molecule has 0 spiro atoms. The maximum atomic E-state index is 11.6. The Balaban J connectivity index is 1.81. The molecule has 0 aliphatic carbocycles. The second kappa shape index (κ2) is 7.24. The van der Waals surface area contributed by atoms with Crippen LogP contribution < -0.4 is 4.74 Å². The third-order valence-corrected chi connectivity index (χ3v) is 5.07. The van der Waals surface area contributed by atoms with Gasteiger partial charge in [-0.15, -0.1) is 11.3 Å². The van der Waals surface area contributed by atoms with Gasteiger partial charge in [-0.3, -0.25) is 0 Å². The second-order valence-corrected chi connectivity index (χ2v) is 6.70. The SMILES string of the molecule is COC(=O)c1cc2cc(OC3OC(CO)C(O)C(O)C3O)ccc2s1. The van der Waals surface area contributed by atoms with Gasteiger partial charge in [-0.05, 0) is 29.7 Å². The minimum atomic E-state index is -1.51. The molecule has 1 aromatic carbocycles. The third-order valence-electron chi connectivity index (χ3n) is 3.98. The predicted octanol–water partition coefficient (Wildman–Crippen LogP) is -0.133. The van der Waals surface area contributed by atoms with E-state index in [4.69, 9.17) is 9.47 Å². The Hall–Kier alpha value is -1.75. The number of esters is 1. The zero-order valence-electron chi connectivity index (χ0n) is 13.2. The highest BCUT2D eigenvalue weighted by atomic mass is 32.1. The number of fused-ring (bicyclic) bond motifs is 1. The highest BCUT2D eigenvalue weighted by Crippen LogP contribution is 2.31. The van der Waals surface area contributed by atoms with Gasteiger partial charge in [0.05, 0.1) is 13.7 Å². The van der Waals surface area contributed by atoms with E-state index in [1.54, 1.807) is 24.3 Å². The lowest BCUT2D eigenvalue weighted by Gasteiger charge is -2.39. The van der Waals surface area contributed by atoms with Crippen LogP contribution in [-0.4, -0.2) is 70.8 Å². The fourth-order valence-corrected chi connectivity index (χ4v) is 3.56. The van der Waals surface area contributed by atoms with Crippen LogP contribution in [0.1, 0.15) is 9.67 Å². The highest BCUT2D eigenvalue weighted by molar-refractivity contribution is 7.20. The third kappa shape index (κ3) is 3.47. The van der Waals surface area contributed by atoms with Gasteiger partial charge in [0.1, 0.15) is 35.0 Å². The van der Waals surface area contributed by atoms with Gasteiger partial charge >= 0.3 is 5.97 Å². The minimum absolute atomic E-state index is 0.339. The van der Waals surface area contributed by atoms with E-state index in [1.807, 2.05) is 0 Å². The molecule has 0 bridgehead atoms. The van der Waals surface area contributed by atoms with Crippen LogP contribution in [0, 0.1) is 0 Å². The Morgan fingerprint density at radius 3 is 2.64 bits per heavy atom. The Morgan fingerprint density at radius 1 is 1.20 bits per heavy atom. The molecule has 8 nitrogen and oxygen atoms in total. The number of aliphatic hydroxyl groups is 4. The molecule has 5 unspecified atom stereocenters. The highest BCUT2D eigenvalue weighted by Gasteiger charge is 2.44. The van der Waals surface area contributed by atoms with Gasteiger partial charge in [-0.25, -0.2) is 4.79 Å². The van der Waals surface area contributed by atoms with E-state index in [2.05, 4.69) is 4.74 Å². The van der Waals surface area contributed by atoms with Crippen LogP contribution in [0.25, 0.3) is 10.1 Å². The van der Waals surface area contributed by atoms with E-state index >= 15 is 0 Å². The van der Waals surface area contributed by atoms with Crippen LogP contribution in [-0.2, 0) is 9.47 Å². The van der Waals surface area contributed by atoms with Gasteiger partial charge in [-0.1, -0.05) is 0 Å². The van der Waals surface area contributed by atoms with E-state index in [-0.39, 0.29) is 0 Å². The standard InChI is InChI=1S/C16H18O8S/c1-22-15(21)11-5-7-4-8(2-3-10(7)25-11)23-16-14(20)13(19)12(18)9(6-17)24-16/h2-5,9,12-14,16-20H,6H2,1H3. The molecule has 0 amide bonds. The Labute approximate surface area is 146 Å². The van der Waals surface area contributed by atoms with E-state index in [0.29, 0.717) is 10.6 Å². The lowest BCUT2D eigenvalue weighted by molar-refractivity contribution is -0.277. The van der Waals surface area contributed by atoms with Crippen LogP contribution in [0.15, 0.2) is 24.3 Å². The molecule has 1 aliphatic heterocycles. The van der Waals surface area contributed by atoms with Crippen LogP contribution in [0.5, 0.6) is 5.75 Å². The van der Waals surface area contributed by atoms with E-state index in [0.717, 1.165) is 10.1 Å². The number of carbonyl (C=O) groups is 1. The number of carbonyl (C=O) groups excluding carboxylic acids is 1. The first-order valence-electron chi connectivity index (χ1n) is 7.53. The maximum Gasteiger partial charge on any atom is 0.348 e. The Morgan fingerprint density at radius 2 is 1.96 bits per heavy atom. The van der Waals surface area contributed by atoms with Crippen molar-refractivity contribution in [1.29, 1.82) is 0 Å². The summed E-state index contributed by atoms with van der Waals surface area (Å²) in [6.45, 7) is -0.531. The normalized spacial score (nSPS) is 29.6. The monoisotopic (exact) mass is 370 g/mol. The van der Waals surface area contributed by atoms with Gasteiger partial charge in [0.2, 0.25) is 6.29 Å². The summed E-state index contributed by atoms with van der Waals surface area (Å²) in [6.07, 6.45) is -6.74. The largest absolute Gasteiger partial charge is 0.465 e. The molecule has 0 saturated carbocycles. The van der Waals surface area contributed by atoms with Crippen molar-refractivity contribution in [3.63, 3.8) is 0 Å². The molecule has 4 N–H and O–H groups in total. The minimum Gasteiger partial charge on any atom is -0.465 e. The summed E-state index contributed by atoms with van der Waals surface area (Å²) < 4.78 is 16.4. The van der Waals surface area contributed by atoms with Gasteiger partial charge in [0, 0.05) is 4.70 Å². The van der Waals surface area contributed by atoms with Crippen molar-refractivity contribution >= 4 is 27.4 Å². The molecule has 9 heteroatoms. The lowest BCUT2D eigenvalue weighted by atomic mass is 9.99. The molecule has 1 saturated heterocycles. The van der Waals surface area contributed by atoms with E-state index < -0.39 is 43.3 Å². The molecule has 2 aromatic rings. The number of ether oxygens (including phenoxy) is 3. The summed E-state index contributed by atoms with van der Waals surface area (Å²) in [4.78, 5) is 12.0. The van der Waals surface area contributed by atoms with Crippen LogP contribution in [0.3, 0.4) is 0 Å². The summed E-state index contributed by atoms with van der Waals surface area (Å²) in [5.41, 5.74) is 0. The van der Waals surface area contributed by atoms with Crippen molar-refractivity contribution in [1.82, 2.24) is 0 Å². The molecular formula is C16H18O8S. The summed E-state index contributed by atoms with van der Waals surface area (Å²) >= 11 is 1.27. The van der Waals surface area contributed by atoms with Gasteiger partial charge in [0.25, 0.3) is 0 Å². The van der Waals surface area contributed by atoms with Crippen molar-refractivity contribution in [2.75, 3.05) is 13.7 Å². The zero-order chi connectivity index (χ0) is 18.1. The van der Waals surface area contributed by atoms with Crippen molar-refractivity contribution < 1.29 is 39.4 Å². The Bertz CT molecular complexity index is 758. The van der Waals surface area contributed by atoms with Gasteiger partial charge in [0.15, 0.2) is 0 Å². The predicted molar refractivity (Wildman–Crippen MR) is 87.6 cm³/mol. The van der Waals surface area contributed by atoms with Crippen molar-refractivity contribution in [3.8, 4) is 5.75 Å². The molecule has 0 radical (unpaired) electrons. The topological polar surface area (TPSA) is 126 Å². The van der Waals surface area contributed by atoms with Crippen molar-refractivity contribution in [2.24, 2.45) is 0 Å². The average Bonchev–Trinajstić information content (AvgIpc) is 3.04. The van der Waals surface area contributed by atoms with Crippen LogP contribution >= 0.6 is 11.3 Å². The first-order chi connectivity index (χ1) is 11.9. The number of rotatable bonds is 4. The van der Waals surface area contributed by atoms with Crippen molar-refractivity contribution in [2.45, 2.75) is 30.7 Å². The molecule has 2 heterocycles. The number of hydrogen-bond acceptors (Lipinski definition) is 9. The second-order valence-electron chi connectivity index (χ2n) is 5.62. The average molecular weight is 370 g/mol. The smallest absolute Gasteiger partial charge is 0.348 e. The summed E-state index contributed by atoms with van der Waals surface area (Å²) in [7, 11) is 1.31. The number of methoxy groups -OCH3 is 1. The molecule has 5 atom stereocenters. The van der Waals surface area contributed by atoms with Crippen molar-refractivity contribution in [3.05, 3.63) is 29.1 Å². The fourth-order valence-electron chi connectivity index (χ4n) is 2.59. The molecular weight excluding hydrogens is 352 g/mol. The van der Waals surface area contributed by atoms with Crippen LogP contribution in [0.2, 0.25) is 0 Å². The Kier molecular flexibility index (Phi) is 5.23. The number of benzene rings is 1. The number of hydrogen-bond donors (Lipinski definition) is 4. The van der Waals surface area contributed by atoms with E-state index in [1.165, 1.54) is 18.4 Å². The maximum absolute atomic E-state index is 11.6. The molecule has 25 heavy (non-hydrogen) atoms. The van der Waals surface area contributed by atoms with Gasteiger partial charge in [-0.2, -0.15) is 0 Å². The quantitative estimate of drug-likeness (QED) is 0.548. The molecule has 1 aliphatic rings. The fraction of sp³-hybridized carbons (Fsp3) is 0.438. The number of aliphatic hydroxyl groups excluding tert-OH is 4. The molecule has 136 valence electrons. The van der Waals surface area contributed by atoms with Crippen LogP contribution in [0.4, 0.5) is 0 Å². The van der Waals surface area contributed by atoms with Gasteiger partial charge < -0.3 is 34.6 Å². The first-order valence-corrected chi connectivity index (χ1v) is 8.35. The summed E-state index contributed by atoms with van der Waals surface area (Å²) in [6, 6.07) is 6.68. The number of thiophene rings is 1. The summed E-state index contributed by atoms with van der Waals surface area (Å²) in [5.74, 6) is -0.0938. The summed E-state index contributed by atoms with van der Waals surface area (Å²) in [5, 5.41) is 39.5. The van der Waals surface area contributed by atoms with E-state index in [9.17, 15) is 25.2 Å². The lowest BCUT2D eigenvalue weighted by Crippen LogP contribution is -2.60. The zero-order valence-corrected chi connectivity index (χ0v) is 14.0. The first kappa shape index (κ1) is 18.1. The molecule has 1 aromatic heterocycles. The molecule has 1 fully saturated rings.